The summed E-state index contributed by atoms with van der Waals surface area (Å²) in [4.78, 5) is 97.8. The van der Waals surface area contributed by atoms with Gasteiger partial charge in [0.25, 0.3) is 0 Å². The molecule has 4 aromatic rings. The van der Waals surface area contributed by atoms with Crippen LogP contribution in [0.25, 0.3) is 21.8 Å². The average molecular weight is 1080 g/mol. The first-order valence-corrected chi connectivity index (χ1v) is 26.3. The Morgan fingerprint density at radius 2 is 0.973 bits per heavy atom. The number of aryl methyl sites for hydroxylation is 2. The molecule has 397 valence electrons. The van der Waals surface area contributed by atoms with E-state index < -0.39 is 42.0 Å². The van der Waals surface area contributed by atoms with Crippen molar-refractivity contribution in [1.29, 1.82) is 0 Å². The first-order chi connectivity index (χ1) is 34.7. The molecule has 16 nitrogen and oxygen atoms in total. The van der Waals surface area contributed by atoms with E-state index in [1.165, 1.54) is 6.92 Å². The number of carbonyl (C=O) groups excluding carboxylic acids is 7. The molecule has 0 spiro atoms. The van der Waals surface area contributed by atoms with Crippen LogP contribution in [0.4, 0.5) is 0 Å². The number of nitrogens with one attached hydrogen (secondary N) is 7. The van der Waals surface area contributed by atoms with Crippen LogP contribution in [0.5, 0.6) is 0 Å². The first-order valence-electron chi connectivity index (χ1n) is 26.3. The molecule has 7 N–H and O–H groups in total. The summed E-state index contributed by atoms with van der Waals surface area (Å²) >= 11 is 0. The molecule has 2 aromatic carbocycles. The van der Waals surface area contributed by atoms with Gasteiger partial charge < -0.3 is 58.1 Å². The van der Waals surface area contributed by atoms with Crippen LogP contribution in [0.15, 0.2) is 60.9 Å². The number of Topliss-reactive ketones (excluding diaryl/α,β-unsaturated/α-hetero) is 2. The monoisotopic (exact) mass is 1080 g/mol. The molecule has 1 aliphatic heterocycles. The van der Waals surface area contributed by atoms with Gasteiger partial charge in [0, 0.05) is 149 Å². The molecule has 1 aliphatic rings. The van der Waals surface area contributed by atoms with Crippen molar-refractivity contribution in [3.8, 4) is 0 Å². The van der Waals surface area contributed by atoms with E-state index in [9.17, 15) is 33.6 Å². The number of fused-ring (bicyclic) bond motifs is 2. The Morgan fingerprint density at radius 3 is 1.48 bits per heavy atom. The fourth-order valence-electron chi connectivity index (χ4n) is 10.2. The molecule has 17 heteroatoms. The predicted molar refractivity (Wildman–Crippen MR) is 284 cm³/mol. The number of nitrogens with zero attached hydrogens (tertiary/aromatic N) is 2. The van der Waals surface area contributed by atoms with E-state index in [4.69, 9.17) is 0 Å². The molecule has 6 atom stereocenters. The molecular formula is C56H82N9O7Y-. The van der Waals surface area contributed by atoms with Gasteiger partial charge in [-0.2, -0.15) is 6.42 Å². The van der Waals surface area contributed by atoms with Crippen LogP contribution in [-0.4, -0.2) is 95.5 Å². The molecule has 2 aromatic heterocycles. The molecule has 1 radical (unpaired) electrons. The molecule has 1 fully saturated rings. The number of hydrogen-bond acceptors (Lipinski definition) is 9. The fourth-order valence-corrected chi connectivity index (χ4v) is 10.2. The first kappa shape index (κ1) is 60.8. The average Bonchev–Trinajstić information content (AvgIpc) is 3.85. The van der Waals surface area contributed by atoms with E-state index in [1.807, 2.05) is 98.2 Å². The molecule has 6 unspecified atom stereocenters. The van der Waals surface area contributed by atoms with Gasteiger partial charge in [-0.3, -0.25) is 28.8 Å². The van der Waals surface area contributed by atoms with E-state index in [-0.39, 0.29) is 126 Å². The zero-order valence-corrected chi connectivity index (χ0v) is 47.0. The normalized spacial score (nSPS) is 21.6. The van der Waals surface area contributed by atoms with Gasteiger partial charge in [0.05, 0.1) is 24.9 Å². The molecule has 0 bridgehead atoms. The maximum atomic E-state index is 14.6. The summed E-state index contributed by atoms with van der Waals surface area (Å²) in [5.74, 6) is -2.17. The van der Waals surface area contributed by atoms with Gasteiger partial charge >= 0.3 is 0 Å². The molecule has 1 saturated heterocycles. The van der Waals surface area contributed by atoms with Crippen LogP contribution in [0.2, 0.25) is 0 Å². The molecule has 5 amide bonds. The number of para-hydroxylation sites is 2. The van der Waals surface area contributed by atoms with Crippen molar-refractivity contribution < 1.29 is 66.3 Å². The van der Waals surface area contributed by atoms with Crippen molar-refractivity contribution in [3.05, 3.63) is 79.0 Å². The van der Waals surface area contributed by atoms with Gasteiger partial charge in [0.2, 0.25) is 29.5 Å². The molecule has 0 saturated carbocycles. The Hall–Kier alpha value is -4.77. The Morgan fingerprint density at radius 1 is 0.548 bits per heavy atom. The van der Waals surface area contributed by atoms with E-state index in [0.29, 0.717) is 25.7 Å². The third-order valence-electron chi connectivity index (χ3n) is 13.9. The summed E-state index contributed by atoms with van der Waals surface area (Å²) in [6.07, 6.45) is 11.3. The minimum absolute atomic E-state index is 0. The Bertz CT molecular complexity index is 2430. The van der Waals surface area contributed by atoms with Crippen LogP contribution in [0.1, 0.15) is 152 Å². The number of rotatable bonds is 19. The number of aromatic nitrogens is 2. The minimum atomic E-state index is -0.823. The second-order valence-corrected chi connectivity index (χ2v) is 20.1. The summed E-state index contributed by atoms with van der Waals surface area (Å²) in [5, 5.41) is 23.7. The van der Waals surface area contributed by atoms with Crippen LogP contribution < -0.4 is 37.2 Å². The topological polar surface area (TPSA) is 214 Å². The van der Waals surface area contributed by atoms with Crippen molar-refractivity contribution in [2.75, 3.05) is 27.2 Å². The smallest absolute Gasteiger partial charge is 0.222 e. The van der Waals surface area contributed by atoms with E-state index in [2.05, 4.69) is 44.1 Å². The third kappa shape index (κ3) is 20.1. The summed E-state index contributed by atoms with van der Waals surface area (Å²) in [6.45, 7) is 7.04. The molecule has 5 rings (SSSR count). The van der Waals surface area contributed by atoms with Crippen molar-refractivity contribution in [1.82, 2.24) is 46.4 Å². The second kappa shape index (κ2) is 31.8. The fraction of sp³-hybridized carbons (Fsp3) is 0.571. The predicted octanol–water partition coefficient (Wildman–Crippen LogP) is 6.61. The van der Waals surface area contributed by atoms with Gasteiger partial charge in [-0.1, -0.05) is 62.1 Å². The maximum Gasteiger partial charge on any atom is 0.222 e. The Labute approximate surface area is 458 Å². The summed E-state index contributed by atoms with van der Waals surface area (Å²) in [5.41, 5.74) is 3.28. The third-order valence-corrected chi connectivity index (χ3v) is 13.9. The van der Waals surface area contributed by atoms with Crippen LogP contribution >= 0.6 is 0 Å². The molecule has 3 heterocycles. The van der Waals surface area contributed by atoms with Gasteiger partial charge in [-0.25, -0.2) is 0 Å². The van der Waals surface area contributed by atoms with Crippen LogP contribution in [0, 0.1) is 12.8 Å². The number of hydrogen-bond donors (Lipinski definition) is 7. The number of unbranched alkanes of at least 4 members (excludes halogenated alkanes) is 4. The summed E-state index contributed by atoms with van der Waals surface area (Å²) in [6, 6.07) is 12.2. The van der Waals surface area contributed by atoms with Crippen molar-refractivity contribution in [2.24, 2.45) is 20.0 Å². The zero-order valence-electron chi connectivity index (χ0n) is 44.1. The molecule has 0 aliphatic carbocycles. The minimum Gasteiger partial charge on any atom is -0.353 e. The van der Waals surface area contributed by atoms with Crippen LogP contribution in [0.3, 0.4) is 0 Å². The SMILES string of the molecule is [CH2-]CCCCC1CC(=O)NC(CCCCNC)CC(=O)CC(CCCCNC)CC(=O)NC(CCC(C)=O)CC(=O)NC(c2cn(C)c3ccccc23)CC(=O)NC(c2cn(C)c3ccccc23)CC(=O)N1.[Y]. The zero-order chi connectivity index (χ0) is 52.0. The Balaban J connectivity index is 0.0000116. The number of benzene rings is 2. The van der Waals surface area contributed by atoms with E-state index >= 15 is 0 Å². The summed E-state index contributed by atoms with van der Waals surface area (Å²) in [7, 11) is 7.58. The second-order valence-electron chi connectivity index (χ2n) is 20.1. The maximum absolute atomic E-state index is 14.6. The number of carbonyl (C=O) groups is 7. The summed E-state index contributed by atoms with van der Waals surface area (Å²) < 4.78 is 3.90. The largest absolute Gasteiger partial charge is 0.353 e. The standard InChI is InChI=1S/C56H82N9O7.Y/c1-7-8-9-19-41-32-53(69)59-40(20-15-17-28-58-4)31-43(67)29-39(18-14-16-27-57-3)30-52(68)61-42(26-25-38(2)66)33-54(70)62-49(47-37-65(6)51-24-13-11-22-45(47)51)35-56(72)63-48(34-55(71)60-41)46-36-64(5)50-23-12-10-21-44(46)50;/h10-13,21-24,36-37,39-42,48-49,57-58H,1,7-9,14-20,25-35H2,2-6H3,(H,59,69)(H,60,71)(H,61,68)(H,62,70)(H,63,72);/q-1;. The van der Waals surface area contributed by atoms with Gasteiger partial charge in [-0.05, 0) is 90.7 Å². The van der Waals surface area contributed by atoms with Crippen LogP contribution in [-0.2, 0) is 80.4 Å². The van der Waals surface area contributed by atoms with Gasteiger partial charge in [0.15, 0.2) is 0 Å². The van der Waals surface area contributed by atoms with E-state index in [0.717, 1.165) is 84.5 Å². The molecule has 73 heavy (non-hydrogen) atoms. The van der Waals surface area contributed by atoms with Gasteiger partial charge in [-0.15, -0.1) is 0 Å². The van der Waals surface area contributed by atoms with Crippen molar-refractivity contribution in [3.63, 3.8) is 0 Å². The number of amides is 5. The van der Waals surface area contributed by atoms with Crippen molar-refractivity contribution >= 4 is 62.9 Å². The van der Waals surface area contributed by atoms with Crippen molar-refractivity contribution in [2.45, 2.75) is 159 Å². The molecular weight excluding hydrogens is 1000 g/mol. The quantitative estimate of drug-likeness (QED) is 0.0397. The number of ketones is 2. The van der Waals surface area contributed by atoms with E-state index in [1.54, 1.807) is 0 Å². The Kier molecular flexibility index (Phi) is 26.5. The van der Waals surface area contributed by atoms with Gasteiger partial charge in [0.1, 0.15) is 11.6 Å².